The van der Waals surface area contributed by atoms with E-state index in [1.165, 1.54) is 12.8 Å². The van der Waals surface area contributed by atoms with Gasteiger partial charge in [-0.05, 0) is 19.8 Å². The highest BCUT2D eigenvalue weighted by Crippen LogP contribution is 2.25. The molecule has 0 unspecified atom stereocenters. The van der Waals surface area contributed by atoms with Crippen molar-refractivity contribution in [3.05, 3.63) is 12.3 Å². The predicted octanol–water partition coefficient (Wildman–Crippen LogP) is 1.44. The molecule has 0 N–H and O–H groups in total. The topological polar surface area (TPSA) is 27.1 Å². The Kier molecular flexibility index (Phi) is 1.56. The van der Waals surface area contributed by atoms with Crippen molar-refractivity contribution in [1.82, 2.24) is 9.78 Å². The summed E-state index contributed by atoms with van der Waals surface area (Å²) in [5, 5.41) is 4.20. The van der Waals surface area contributed by atoms with Gasteiger partial charge in [0, 0.05) is 18.8 Å². The molecule has 1 aromatic heterocycles. The molecule has 1 fully saturated rings. The number of nitrogens with zero attached hydrogens (tertiary/aromatic N) is 2. The van der Waals surface area contributed by atoms with Crippen molar-refractivity contribution in [3.8, 4) is 5.88 Å². The summed E-state index contributed by atoms with van der Waals surface area (Å²) in [7, 11) is 0. The second-order valence-corrected chi connectivity index (χ2v) is 2.83. The number of aryl methyl sites for hydroxylation is 1. The van der Waals surface area contributed by atoms with Gasteiger partial charge >= 0.3 is 0 Å². The molecule has 1 aliphatic carbocycles. The quantitative estimate of drug-likeness (QED) is 0.655. The molecule has 0 aromatic carbocycles. The van der Waals surface area contributed by atoms with Gasteiger partial charge in [-0.3, -0.25) is 4.68 Å². The highest BCUT2D eigenvalue weighted by Gasteiger charge is 2.24. The van der Waals surface area contributed by atoms with Gasteiger partial charge in [-0.25, -0.2) is 0 Å². The van der Waals surface area contributed by atoms with Gasteiger partial charge in [-0.1, -0.05) is 0 Å². The molecule has 0 radical (unpaired) electrons. The van der Waals surface area contributed by atoms with E-state index in [-0.39, 0.29) is 0 Å². The highest BCUT2D eigenvalue weighted by molar-refractivity contribution is 5.07. The maximum atomic E-state index is 5.48. The molecule has 3 heteroatoms. The Morgan fingerprint density at radius 3 is 3.09 bits per heavy atom. The van der Waals surface area contributed by atoms with Crippen molar-refractivity contribution in [2.24, 2.45) is 0 Å². The molecular formula is C8H12N2O. The maximum absolute atomic E-state index is 5.48. The van der Waals surface area contributed by atoms with Gasteiger partial charge in [-0.15, -0.1) is 5.10 Å². The highest BCUT2D eigenvalue weighted by atomic mass is 16.5. The van der Waals surface area contributed by atoms with E-state index in [2.05, 4.69) is 12.0 Å². The summed E-state index contributed by atoms with van der Waals surface area (Å²) < 4.78 is 7.35. The zero-order chi connectivity index (χ0) is 7.68. The van der Waals surface area contributed by atoms with Gasteiger partial charge in [0.05, 0.1) is 0 Å². The molecule has 1 aliphatic rings. The fraction of sp³-hybridized carbons (Fsp3) is 0.625. The van der Waals surface area contributed by atoms with E-state index in [1.54, 1.807) is 0 Å². The zero-order valence-electron chi connectivity index (χ0n) is 6.66. The first-order chi connectivity index (χ1) is 5.38. The van der Waals surface area contributed by atoms with E-state index >= 15 is 0 Å². The summed E-state index contributed by atoms with van der Waals surface area (Å²) in [6.07, 6.45) is 4.78. The molecule has 0 atom stereocenters. The third kappa shape index (κ3) is 1.53. The van der Waals surface area contributed by atoms with Crippen molar-refractivity contribution >= 4 is 0 Å². The van der Waals surface area contributed by atoms with Crippen LogP contribution in [-0.2, 0) is 6.54 Å². The fourth-order valence-electron chi connectivity index (χ4n) is 0.939. The summed E-state index contributed by atoms with van der Waals surface area (Å²) in [4.78, 5) is 0. The Bertz CT molecular complexity index is 240. The summed E-state index contributed by atoms with van der Waals surface area (Å²) in [6.45, 7) is 2.97. The molecule has 1 heterocycles. The number of ether oxygens (including phenoxy) is 1. The van der Waals surface area contributed by atoms with Crippen molar-refractivity contribution in [2.75, 3.05) is 0 Å². The van der Waals surface area contributed by atoms with Crippen LogP contribution in [0.2, 0.25) is 0 Å². The summed E-state index contributed by atoms with van der Waals surface area (Å²) in [6, 6.07) is 1.92. The molecular weight excluding hydrogens is 140 g/mol. The van der Waals surface area contributed by atoms with Crippen LogP contribution in [0.4, 0.5) is 0 Å². The third-order valence-corrected chi connectivity index (χ3v) is 1.75. The summed E-state index contributed by atoms with van der Waals surface area (Å²) >= 11 is 0. The van der Waals surface area contributed by atoms with E-state index in [4.69, 9.17) is 4.74 Å². The van der Waals surface area contributed by atoms with Crippen LogP contribution in [-0.4, -0.2) is 15.9 Å². The smallest absolute Gasteiger partial charge is 0.232 e. The van der Waals surface area contributed by atoms with Crippen LogP contribution in [0.1, 0.15) is 19.8 Å². The second kappa shape index (κ2) is 2.57. The molecule has 0 amide bonds. The lowest BCUT2D eigenvalue weighted by Gasteiger charge is -1.97. The third-order valence-electron chi connectivity index (χ3n) is 1.75. The Morgan fingerprint density at radius 1 is 1.73 bits per heavy atom. The first-order valence-corrected chi connectivity index (χ1v) is 4.08. The number of aromatic nitrogens is 2. The van der Waals surface area contributed by atoms with Crippen LogP contribution in [0, 0.1) is 0 Å². The standard InChI is InChI=1S/C8H12N2O/c1-2-10-6-5-8(9-10)11-7-3-4-7/h5-7H,2-4H2,1H3. The molecule has 0 bridgehead atoms. The second-order valence-electron chi connectivity index (χ2n) is 2.83. The van der Waals surface area contributed by atoms with Crippen molar-refractivity contribution < 1.29 is 4.74 Å². The van der Waals surface area contributed by atoms with Gasteiger partial charge in [0.1, 0.15) is 6.10 Å². The number of rotatable bonds is 3. The van der Waals surface area contributed by atoms with Crippen LogP contribution in [0.5, 0.6) is 5.88 Å². The van der Waals surface area contributed by atoms with Crippen LogP contribution < -0.4 is 4.74 Å². The minimum Gasteiger partial charge on any atom is -0.473 e. The predicted molar refractivity (Wildman–Crippen MR) is 41.6 cm³/mol. The Labute approximate surface area is 66.0 Å². The van der Waals surface area contributed by atoms with E-state index in [0.29, 0.717) is 6.10 Å². The number of hydrogen-bond donors (Lipinski definition) is 0. The lowest BCUT2D eigenvalue weighted by Crippen LogP contribution is -1.99. The monoisotopic (exact) mass is 152 g/mol. The first-order valence-electron chi connectivity index (χ1n) is 4.08. The van der Waals surface area contributed by atoms with Crippen molar-refractivity contribution in [1.29, 1.82) is 0 Å². The molecule has 0 aliphatic heterocycles. The van der Waals surface area contributed by atoms with E-state index in [9.17, 15) is 0 Å². The fourth-order valence-corrected chi connectivity index (χ4v) is 0.939. The van der Waals surface area contributed by atoms with Crippen molar-refractivity contribution in [3.63, 3.8) is 0 Å². The van der Waals surface area contributed by atoms with Gasteiger partial charge < -0.3 is 4.74 Å². The molecule has 2 rings (SSSR count). The van der Waals surface area contributed by atoms with Crippen LogP contribution in [0.25, 0.3) is 0 Å². The Morgan fingerprint density at radius 2 is 2.55 bits per heavy atom. The number of hydrogen-bond acceptors (Lipinski definition) is 2. The molecule has 0 saturated heterocycles. The SMILES string of the molecule is CCn1ccc(OC2CC2)n1. The van der Waals surface area contributed by atoms with Crippen LogP contribution in [0.3, 0.4) is 0 Å². The first kappa shape index (κ1) is 6.70. The van der Waals surface area contributed by atoms with Crippen LogP contribution >= 0.6 is 0 Å². The average Bonchev–Trinajstić information content (AvgIpc) is 2.68. The summed E-state index contributed by atoms with van der Waals surface area (Å²) in [5.41, 5.74) is 0. The molecule has 1 aromatic rings. The Hall–Kier alpha value is -0.990. The van der Waals surface area contributed by atoms with Gasteiger partial charge in [0.15, 0.2) is 0 Å². The largest absolute Gasteiger partial charge is 0.473 e. The van der Waals surface area contributed by atoms with Gasteiger partial charge in [-0.2, -0.15) is 0 Å². The maximum Gasteiger partial charge on any atom is 0.232 e. The average molecular weight is 152 g/mol. The summed E-state index contributed by atoms with van der Waals surface area (Å²) in [5.74, 6) is 0.773. The van der Waals surface area contributed by atoms with Gasteiger partial charge in [0.25, 0.3) is 0 Å². The van der Waals surface area contributed by atoms with E-state index in [1.807, 2.05) is 16.9 Å². The lowest BCUT2D eigenvalue weighted by molar-refractivity contribution is 0.287. The van der Waals surface area contributed by atoms with Gasteiger partial charge in [0.2, 0.25) is 5.88 Å². The molecule has 3 nitrogen and oxygen atoms in total. The molecule has 0 spiro atoms. The minimum atomic E-state index is 0.454. The van der Waals surface area contributed by atoms with E-state index < -0.39 is 0 Å². The van der Waals surface area contributed by atoms with Crippen molar-refractivity contribution in [2.45, 2.75) is 32.4 Å². The zero-order valence-corrected chi connectivity index (χ0v) is 6.66. The molecule has 1 saturated carbocycles. The molecule has 11 heavy (non-hydrogen) atoms. The normalized spacial score (nSPS) is 16.8. The van der Waals surface area contributed by atoms with Crippen LogP contribution in [0.15, 0.2) is 12.3 Å². The molecule has 60 valence electrons. The minimum absolute atomic E-state index is 0.454. The van der Waals surface area contributed by atoms with E-state index in [0.717, 1.165) is 12.4 Å². The Balaban J connectivity index is 1.99. The lowest BCUT2D eigenvalue weighted by atomic mass is 10.7.